The summed E-state index contributed by atoms with van der Waals surface area (Å²) in [4.78, 5) is 81.8. The number of benzene rings is 3. The van der Waals surface area contributed by atoms with Gasteiger partial charge in [-0.3, -0.25) is 33.7 Å². The van der Waals surface area contributed by atoms with Crippen LogP contribution in [0.1, 0.15) is 130 Å². The van der Waals surface area contributed by atoms with E-state index in [-0.39, 0.29) is 54.0 Å². The van der Waals surface area contributed by atoms with Crippen LogP contribution in [0.2, 0.25) is 0 Å². The van der Waals surface area contributed by atoms with Crippen LogP contribution in [0.15, 0.2) is 89.8 Å². The molecular formula is C48H63N5O8S. The maximum absolute atomic E-state index is 14.1. The lowest BCUT2D eigenvalue weighted by Crippen LogP contribution is -2.55. The SMILES string of the molecule is CCCCCC(NC(=O)C(CCCCCCCCN1C(=O)c2ccccc2C1=O)C1CCCC1)C(=O)NC(Cc1ccccc1)C(=O)C(=O)NCCNS(=O)(=O)c1ccccc1. The van der Waals surface area contributed by atoms with Crippen LogP contribution in [0, 0.1) is 11.8 Å². The highest BCUT2D eigenvalue weighted by atomic mass is 32.2. The molecule has 3 aromatic rings. The first-order chi connectivity index (χ1) is 30.0. The summed E-state index contributed by atoms with van der Waals surface area (Å²) in [5, 5.41) is 8.38. The van der Waals surface area contributed by atoms with E-state index >= 15 is 0 Å². The maximum Gasteiger partial charge on any atom is 0.289 e. The molecule has 334 valence electrons. The summed E-state index contributed by atoms with van der Waals surface area (Å²) in [6, 6.07) is 21.6. The van der Waals surface area contributed by atoms with Crippen LogP contribution in [0.4, 0.5) is 0 Å². The van der Waals surface area contributed by atoms with E-state index in [9.17, 15) is 37.2 Å². The lowest BCUT2D eigenvalue weighted by molar-refractivity contribution is -0.140. The number of hydrogen-bond acceptors (Lipinski definition) is 8. The van der Waals surface area contributed by atoms with Gasteiger partial charge < -0.3 is 16.0 Å². The summed E-state index contributed by atoms with van der Waals surface area (Å²) < 4.78 is 27.6. The Morgan fingerprint density at radius 1 is 0.661 bits per heavy atom. The number of fused-ring (bicyclic) bond motifs is 1. The molecule has 2 aliphatic rings. The van der Waals surface area contributed by atoms with Crippen LogP contribution in [-0.4, -0.2) is 80.4 Å². The van der Waals surface area contributed by atoms with Gasteiger partial charge in [0.25, 0.3) is 17.7 Å². The lowest BCUT2D eigenvalue weighted by atomic mass is 9.85. The maximum atomic E-state index is 14.1. The minimum Gasteiger partial charge on any atom is -0.348 e. The van der Waals surface area contributed by atoms with E-state index in [0.717, 1.165) is 82.6 Å². The van der Waals surface area contributed by atoms with E-state index in [2.05, 4.69) is 27.6 Å². The molecule has 1 heterocycles. The number of nitrogens with one attached hydrogen (secondary N) is 4. The van der Waals surface area contributed by atoms with Gasteiger partial charge in [0.2, 0.25) is 27.6 Å². The summed E-state index contributed by atoms with van der Waals surface area (Å²) in [5.41, 5.74) is 1.66. The molecule has 1 fully saturated rings. The molecule has 0 bridgehead atoms. The van der Waals surface area contributed by atoms with Crippen LogP contribution in [0.3, 0.4) is 0 Å². The zero-order valence-corrected chi connectivity index (χ0v) is 36.8. The second-order valence-electron chi connectivity index (χ2n) is 16.5. The number of hydrogen-bond donors (Lipinski definition) is 4. The summed E-state index contributed by atoms with van der Waals surface area (Å²) in [5.74, 6) is -3.00. The van der Waals surface area contributed by atoms with E-state index in [1.54, 1.807) is 66.7 Å². The first-order valence-corrected chi connectivity index (χ1v) is 23.9. The Kier molecular flexibility index (Phi) is 18.9. The van der Waals surface area contributed by atoms with E-state index in [4.69, 9.17) is 0 Å². The molecule has 4 N–H and O–H groups in total. The summed E-state index contributed by atoms with van der Waals surface area (Å²) in [6.07, 6.45) is 13.0. The van der Waals surface area contributed by atoms with Crippen molar-refractivity contribution in [2.24, 2.45) is 11.8 Å². The number of nitrogens with zero attached hydrogens (tertiary/aromatic N) is 1. The fraction of sp³-hybridized carbons (Fsp3) is 0.500. The van der Waals surface area contributed by atoms with E-state index in [0.29, 0.717) is 36.9 Å². The first kappa shape index (κ1) is 47.8. The van der Waals surface area contributed by atoms with E-state index < -0.39 is 39.7 Å². The van der Waals surface area contributed by atoms with Crippen molar-refractivity contribution in [2.45, 2.75) is 127 Å². The Hall–Kier alpha value is -5.21. The molecule has 14 heteroatoms. The third-order valence-electron chi connectivity index (χ3n) is 12.0. The van der Waals surface area contributed by atoms with Crippen molar-refractivity contribution in [3.8, 4) is 0 Å². The molecule has 0 saturated heterocycles. The van der Waals surface area contributed by atoms with Gasteiger partial charge in [-0.15, -0.1) is 0 Å². The highest BCUT2D eigenvalue weighted by molar-refractivity contribution is 7.89. The molecule has 1 aliphatic heterocycles. The lowest BCUT2D eigenvalue weighted by Gasteiger charge is -2.27. The van der Waals surface area contributed by atoms with E-state index in [1.807, 2.05) is 6.07 Å². The normalized spacial score (nSPS) is 15.5. The van der Waals surface area contributed by atoms with Crippen molar-refractivity contribution in [1.29, 1.82) is 0 Å². The Morgan fingerprint density at radius 2 is 1.23 bits per heavy atom. The molecule has 0 spiro atoms. The number of imide groups is 1. The number of carbonyl (C=O) groups excluding carboxylic acids is 6. The number of ketones is 1. The Balaban J connectivity index is 1.14. The molecule has 13 nitrogen and oxygen atoms in total. The number of Topliss-reactive ketones (excluding diaryl/α,β-unsaturated/α-hetero) is 1. The molecule has 62 heavy (non-hydrogen) atoms. The third kappa shape index (κ3) is 13.9. The molecule has 1 saturated carbocycles. The monoisotopic (exact) mass is 869 g/mol. The van der Waals surface area contributed by atoms with Gasteiger partial charge in [0.15, 0.2) is 0 Å². The zero-order chi connectivity index (χ0) is 44.3. The molecule has 5 amide bonds. The minimum atomic E-state index is -3.81. The highest BCUT2D eigenvalue weighted by Crippen LogP contribution is 2.35. The predicted molar refractivity (Wildman–Crippen MR) is 237 cm³/mol. The quantitative estimate of drug-likeness (QED) is 0.0392. The van der Waals surface area contributed by atoms with Gasteiger partial charge in [0.1, 0.15) is 12.1 Å². The van der Waals surface area contributed by atoms with Gasteiger partial charge in [-0.05, 0) is 67.9 Å². The van der Waals surface area contributed by atoms with Crippen LogP contribution in [0.5, 0.6) is 0 Å². The number of carbonyl (C=O) groups is 6. The second kappa shape index (κ2) is 24.4. The van der Waals surface area contributed by atoms with Crippen LogP contribution >= 0.6 is 0 Å². The van der Waals surface area contributed by atoms with Crippen molar-refractivity contribution in [3.63, 3.8) is 0 Å². The summed E-state index contributed by atoms with van der Waals surface area (Å²) >= 11 is 0. The van der Waals surface area contributed by atoms with Crippen molar-refractivity contribution in [3.05, 3.63) is 102 Å². The smallest absolute Gasteiger partial charge is 0.289 e. The fourth-order valence-electron chi connectivity index (χ4n) is 8.49. The van der Waals surface area contributed by atoms with Crippen molar-refractivity contribution >= 4 is 45.3 Å². The van der Waals surface area contributed by atoms with Gasteiger partial charge in [-0.2, -0.15) is 0 Å². The van der Waals surface area contributed by atoms with Crippen LogP contribution in [0.25, 0.3) is 0 Å². The number of unbranched alkanes of at least 4 members (excludes halogenated alkanes) is 7. The first-order valence-electron chi connectivity index (χ1n) is 22.5. The van der Waals surface area contributed by atoms with Gasteiger partial charge in [0.05, 0.1) is 16.0 Å². The average molecular weight is 870 g/mol. The highest BCUT2D eigenvalue weighted by Gasteiger charge is 2.36. The molecular weight excluding hydrogens is 807 g/mol. The Bertz CT molecular complexity index is 2040. The van der Waals surface area contributed by atoms with Gasteiger partial charge in [-0.25, -0.2) is 13.1 Å². The number of rotatable bonds is 27. The van der Waals surface area contributed by atoms with E-state index in [1.165, 1.54) is 17.0 Å². The van der Waals surface area contributed by atoms with Crippen molar-refractivity contribution in [2.75, 3.05) is 19.6 Å². The standard InChI is InChI=1S/C48H63N5O8S/c1-2-3-10-30-41(45(56)52-42(34-35-21-11-8-12-22-35)43(54)46(57)49-31-32-50-62(60,61)37-25-13-9-14-26-37)51-44(55)38(36-23-16-17-24-36)27-15-6-4-5-7-20-33-53-47(58)39-28-18-19-29-40(39)48(53)59/h8-9,11-14,18-19,21-22,25-26,28-29,36,38,41-42,50H,2-7,10,15-17,20,23-24,27,30-34H2,1H3,(H,49,57)(H,51,55)(H,52,56). The summed E-state index contributed by atoms with van der Waals surface area (Å²) in [7, 11) is -3.81. The molecule has 3 unspecified atom stereocenters. The third-order valence-corrected chi connectivity index (χ3v) is 13.4. The number of amides is 5. The van der Waals surface area contributed by atoms with Crippen molar-refractivity contribution < 1.29 is 37.2 Å². The molecule has 3 aromatic carbocycles. The molecule has 0 aromatic heterocycles. The van der Waals surface area contributed by atoms with Crippen LogP contribution in [-0.2, 0) is 35.6 Å². The zero-order valence-electron chi connectivity index (χ0n) is 35.9. The average Bonchev–Trinajstić information content (AvgIpc) is 3.90. The number of sulfonamides is 1. The van der Waals surface area contributed by atoms with Crippen LogP contribution < -0.4 is 20.7 Å². The predicted octanol–water partition coefficient (Wildman–Crippen LogP) is 6.28. The van der Waals surface area contributed by atoms with Gasteiger partial charge in [0, 0.05) is 32.0 Å². The Morgan fingerprint density at radius 3 is 1.87 bits per heavy atom. The molecule has 3 atom stereocenters. The van der Waals surface area contributed by atoms with Gasteiger partial charge >= 0.3 is 0 Å². The molecule has 5 rings (SSSR count). The Labute approximate surface area is 366 Å². The largest absolute Gasteiger partial charge is 0.348 e. The molecule has 0 radical (unpaired) electrons. The summed E-state index contributed by atoms with van der Waals surface area (Å²) in [6.45, 7) is 2.15. The minimum absolute atomic E-state index is 0.0442. The second-order valence-corrected chi connectivity index (χ2v) is 18.3. The fourth-order valence-corrected chi connectivity index (χ4v) is 9.54. The van der Waals surface area contributed by atoms with Crippen molar-refractivity contribution in [1.82, 2.24) is 25.6 Å². The molecule has 1 aliphatic carbocycles. The topological polar surface area (TPSA) is 188 Å². The van der Waals surface area contributed by atoms with Gasteiger partial charge in [-0.1, -0.05) is 132 Å².